The molecule has 0 aromatic carbocycles. The maximum atomic E-state index is 11.1. The first-order chi connectivity index (χ1) is 5.21. The van der Waals surface area contributed by atoms with Crippen LogP contribution in [-0.2, 0) is 19.1 Å². The number of carbonyl (C=O) groups is 2. The lowest BCUT2D eigenvalue weighted by Crippen LogP contribution is -2.25. The summed E-state index contributed by atoms with van der Waals surface area (Å²) in [5.41, 5.74) is -0.894. The third-order valence-corrected chi connectivity index (χ3v) is 2.43. The summed E-state index contributed by atoms with van der Waals surface area (Å²) < 4.78 is 9.21. The zero-order valence-corrected chi connectivity index (χ0v) is 6.12. The number of cyclic esters (lactones) is 1. The van der Waals surface area contributed by atoms with Crippen molar-refractivity contribution in [3.63, 3.8) is 0 Å². The molecule has 1 aliphatic heterocycles. The summed E-state index contributed by atoms with van der Waals surface area (Å²) in [7, 11) is 1.29. The average molecular weight is 156 g/mol. The lowest BCUT2D eigenvalue weighted by atomic mass is 10.1. The van der Waals surface area contributed by atoms with Crippen molar-refractivity contribution in [3.8, 4) is 0 Å². The van der Waals surface area contributed by atoms with E-state index in [0.717, 1.165) is 0 Å². The number of hydrogen-bond donors (Lipinski definition) is 0. The van der Waals surface area contributed by atoms with Gasteiger partial charge in [-0.2, -0.15) is 0 Å². The van der Waals surface area contributed by atoms with Gasteiger partial charge in [-0.1, -0.05) is 0 Å². The van der Waals surface area contributed by atoms with Crippen LogP contribution in [0.5, 0.6) is 0 Å². The quantitative estimate of drug-likeness (QED) is 0.387. The molecule has 0 unspecified atom stereocenters. The fourth-order valence-electron chi connectivity index (χ4n) is 1.60. The Balaban J connectivity index is 2.24. The molecule has 2 fully saturated rings. The molecular formula is C7H8O4. The van der Waals surface area contributed by atoms with Gasteiger partial charge in [-0.05, 0) is 6.42 Å². The minimum Gasteiger partial charge on any atom is -0.468 e. The summed E-state index contributed by atoms with van der Waals surface area (Å²) in [4.78, 5) is 22.1. The molecule has 0 spiro atoms. The van der Waals surface area contributed by atoms with Crippen LogP contribution >= 0.6 is 0 Å². The Morgan fingerprint density at radius 1 is 1.82 bits per heavy atom. The van der Waals surface area contributed by atoms with Crippen molar-refractivity contribution < 1.29 is 19.1 Å². The molecule has 2 atom stereocenters. The largest absolute Gasteiger partial charge is 0.468 e. The normalized spacial score (nSPS) is 39.4. The molecule has 0 amide bonds. The van der Waals surface area contributed by atoms with Crippen molar-refractivity contribution in [2.75, 3.05) is 13.7 Å². The number of carbonyl (C=O) groups excluding carboxylic acids is 2. The Kier molecular flexibility index (Phi) is 1.06. The monoisotopic (exact) mass is 156 g/mol. The Labute approximate surface area is 63.5 Å². The van der Waals surface area contributed by atoms with E-state index in [1.165, 1.54) is 7.11 Å². The summed E-state index contributed by atoms with van der Waals surface area (Å²) in [5.74, 6) is -0.762. The molecule has 0 bridgehead atoms. The molecule has 2 rings (SSSR count). The van der Waals surface area contributed by atoms with Crippen molar-refractivity contribution in [1.82, 2.24) is 0 Å². The Morgan fingerprint density at radius 3 is 2.91 bits per heavy atom. The standard InChI is InChI=1S/C7H8O4/c1-10-5(8)7-2-4(7)3-11-6(7)9/h4H,2-3H2,1H3/t4-,7-/m1/s1. The van der Waals surface area contributed by atoms with Crippen LogP contribution in [0, 0.1) is 11.3 Å². The first kappa shape index (κ1) is 6.64. The van der Waals surface area contributed by atoms with Crippen LogP contribution in [0.3, 0.4) is 0 Å². The van der Waals surface area contributed by atoms with Gasteiger partial charge < -0.3 is 9.47 Å². The van der Waals surface area contributed by atoms with E-state index in [2.05, 4.69) is 4.74 Å². The van der Waals surface area contributed by atoms with Gasteiger partial charge >= 0.3 is 11.9 Å². The van der Waals surface area contributed by atoms with Crippen molar-refractivity contribution in [3.05, 3.63) is 0 Å². The van der Waals surface area contributed by atoms with Crippen LogP contribution in [0.15, 0.2) is 0 Å². The van der Waals surface area contributed by atoms with E-state index < -0.39 is 17.4 Å². The van der Waals surface area contributed by atoms with E-state index >= 15 is 0 Å². The molecule has 0 aromatic rings. The summed E-state index contributed by atoms with van der Waals surface area (Å²) >= 11 is 0. The molecular weight excluding hydrogens is 148 g/mol. The second kappa shape index (κ2) is 1.75. The Morgan fingerprint density at radius 2 is 2.55 bits per heavy atom. The Bertz CT molecular complexity index is 235. The van der Waals surface area contributed by atoms with Gasteiger partial charge in [-0.3, -0.25) is 9.59 Å². The summed E-state index contributed by atoms with van der Waals surface area (Å²) in [5, 5.41) is 0. The van der Waals surface area contributed by atoms with Gasteiger partial charge in [0.15, 0.2) is 5.41 Å². The molecule has 60 valence electrons. The zero-order chi connectivity index (χ0) is 8.06. The molecule has 1 heterocycles. The number of rotatable bonds is 1. The predicted molar refractivity (Wildman–Crippen MR) is 33.5 cm³/mol. The van der Waals surface area contributed by atoms with Crippen molar-refractivity contribution in [1.29, 1.82) is 0 Å². The van der Waals surface area contributed by atoms with Gasteiger partial charge in [0.1, 0.15) is 0 Å². The topological polar surface area (TPSA) is 52.6 Å². The lowest BCUT2D eigenvalue weighted by Gasteiger charge is -2.04. The lowest BCUT2D eigenvalue weighted by molar-refractivity contribution is -0.158. The van der Waals surface area contributed by atoms with E-state index in [4.69, 9.17) is 4.74 Å². The second-order valence-corrected chi connectivity index (χ2v) is 2.96. The van der Waals surface area contributed by atoms with Gasteiger partial charge in [0.25, 0.3) is 0 Å². The molecule has 11 heavy (non-hydrogen) atoms. The number of ether oxygens (including phenoxy) is 2. The highest BCUT2D eigenvalue weighted by atomic mass is 16.6. The molecule has 1 aliphatic carbocycles. The van der Waals surface area contributed by atoms with Crippen molar-refractivity contribution in [2.24, 2.45) is 11.3 Å². The van der Waals surface area contributed by atoms with Gasteiger partial charge in [0, 0.05) is 5.92 Å². The molecule has 0 aromatic heterocycles. The van der Waals surface area contributed by atoms with Crippen LogP contribution in [0.4, 0.5) is 0 Å². The number of hydrogen-bond acceptors (Lipinski definition) is 4. The van der Waals surface area contributed by atoms with E-state index in [1.54, 1.807) is 0 Å². The van der Waals surface area contributed by atoms with Crippen LogP contribution in [-0.4, -0.2) is 25.7 Å². The van der Waals surface area contributed by atoms with Gasteiger partial charge in [0.05, 0.1) is 13.7 Å². The van der Waals surface area contributed by atoms with E-state index in [1.807, 2.05) is 0 Å². The van der Waals surface area contributed by atoms with Crippen LogP contribution in [0.2, 0.25) is 0 Å². The summed E-state index contributed by atoms with van der Waals surface area (Å²) in [6.45, 7) is 0.383. The van der Waals surface area contributed by atoms with Gasteiger partial charge in [0.2, 0.25) is 0 Å². The minimum absolute atomic E-state index is 0.0856. The third kappa shape index (κ3) is 0.593. The number of fused-ring (bicyclic) bond motifs is 1. The fourth-order valence-corrected chi connectivity index (χ4v) is 1.60. The average Bonchev–Trinajstić information content (AvgIpc) is 2.68. The zero-order valence-electron chi connectivity index (χ0n) is 6.12. The molecule has 0 N–H and O–H groups in total. The highest BCUT2D eigenvalue weighted by Crippen LogP contribution is 2.58. The highest BCUT2D eigenvalue weighted by Gasteiger charge is 2.72. The minimum atomic E-state index is -0.894. The second-order valence-electron chi connectivity index (χ2n) is 2.96. The molecule has 1 saturated heterocycles. The van der Waals surface area contributed by atoms with Crippen LogP contribution in [0.25, 0.3) is 0 Å². The summed E-state index contributed by atoms with van der Waals surface area (Å²) in [6, 6.07) is 0. The smallest absolute Gasteiger partial charge is 0.323 e. The highest BCUT2D eigenvalue weighted by molar-refractivity contribution is 6.05. The molecule has 4 heteroatoms. The van der Waals surface area contributed by atoms with E-state index in [0.29, 0.717) is 13.0 Å². The first-order valence-corrected chi connectivity index (χ1v) is 3.47. The first-order valence-electron chi connectivity index (χ1n) is 3.47. The molecule has 2 aliphatic rings. The third-order valence-electron chi connectivity index (χ3n) is 2.43. The SMILES string of the molecule is COC(=O)[C@@]12C[C@@H]1COC2=O. The summed E-state index contributed by atoms with van der Waals surface area (Å²) in [6.07, 6.45) is 0.610. The van der Waals surface area contributed by atoms with Crippen molar-refractivity contribution >= 4 is 11.9 Å². The number of esters is 2. The number of methoxy groups -OCH3 is 1. The van der Waals surface area contributed by atoms with Crippen LogP contribution < -0.4 is 0 Å². The van der Waals surface area contributed by atoms with Crippen LogP contribution in [0.1, 0.15) is 6.42 Å². The Hall–Kier alpha value is -1.06. The van der Waals surface area contributed by atoms with Crippen molar-refractivity contribution in [2.45, 2.75) is 6.42 Å². The van der Waals surface area contributed by atoms with E-state index in [-0.39, 0.29) is 5.92 Å². The van der Waals surface area contributed by atoms with E-state index in [9.17, 15) is 9.59 Å². The molecule has 1 saturated carbocycles. The molecule has 0 radical (unpaired) electrons. The van der Waals surface area contributed by atoms with Gasteiger partial charge in [-0.25, -0.2) is 0 Å². The maximum absolute atomic E-state index is 11.1. The fraction of sp³-hybridized carbons (Fsp3) is 0.714. The predicted octanol–water partition coefficient (Wildman–Crippen LogP) is -0.278. The maximum Gasteiger partial charge on any atom is 0.323 e. The molecule has 4 nitrogen and oxygen atoms in total. The van der Waals surface area contributed by atoms with Gasteiger partial charge in [-0.15, -0.1) is 0 Å².